The quantitative estimate of drug-likeness (QED) is 0.297. The normalized spacial score (nSPS) is 12.0. The van der Waals surface area contributed by atoms with Crippen molar-refractivity contribution in [3.8, 4) is 5.75 Å². The Labute approximate surface area is 172 Å². The van der Waals surface area contributed by atoms with Crippen LogP contribution >= 0.6 is 0 Å². The third kappa shape index (κ3) is 11.4. The average Bonchev–Trinajstić information content (AvgIpc) is 2.68. The van der Waals surface area contributed by atoms with Crippen molar-refractivity contribution in [2.75, 3.05) is 12.3 Å². The van der Waals surface area contributed by atoms with Crippen molar-refractivity contribution in [2.24, 2.45) is 0 Å². The molecule has 158 valence electrons. The zero-order valence-corrected chi connectivity index (χ0v) is 19.1. The molecule has 4 nitrogen and oxygen atoms in total. The fourth-order valence-electron chi connectivity index (χ4n) is 1.96. The molecule has 0 amide bonds. The van der Waals surface area contributed by atoms with Gasteiger partial charge >= 0.3 is 0 Å². The van der Waals surface area contributed by atoms with Crippen LogP contribution in [0.25, 0.3) is 0 Å². The van der Waals surface area contributed by atoms with Crippen LogP contribution in [0.2, 0.25) is 0 Å². The molecule has 0 aromatic heterocycles. The van der Waals surface area contributed by atoms with Gasteiger partial charge in [0.05, 0.1) is 23.7 Å². The number of benzene rings is 1. The van der Waals surface area contributed by atoms with Gasteiger partial charge in [0.2, 0.25) is 0 Å². The maximum atomic E-state index is 7.03. The van der Waals surface area contributed by atoms with E-state index in [2.05, 4.69) is 33.8 Å². The Hall–Kier alpha value is -2.36. The molecule has 0 aliphatic heterocycles. The van der Waals surface area contributed by atoms with E-state index in [-0.39, 0.29) is 16.8 Å². The molecule has 0 saturated heterocycles. The molecule has 1 aromatic carbocycles. The van der Waals surface area contributed by atoms with E-state index in [4.69, 9.17) is 21.3 Å². The Morgan fingerprint density at radius 3 is 1.79 bits per heavy atom. The van der Waals surface area contributed by atoms with E-state index in [1.807, 2.05) is 39.8 Å². The zero-order chi connectivity index (χ0) is 22.2. The highest BCUT2D eigenvalue weighted by Crippen LogP contribution is 2.29. The molecule has 0 atom stereocenters. The van der Waals surface area contributed by atoms with Crippen molar-refractivity contribution in [3.63, 3.8) is 0 Å². The lowest BCUT2D eigenvalue weighted by Gasteiger charge is -2.20. The lowest BCUT2D eigenvalue weighted by Crippen LogP contribution is -2.11. The van der Waals surface area contributed by atoms with Crippen molar-refractivity contribution >= 4 is 17.1 Å². The molecule has 0 fully saturated rings. The van der Waals surface area contributed by atoms with E-state index >= 15 is 0 Å². The average molecular weight is 388 g/mol. The van der Waals surface area contributed by atoms with E-state index < -0.39 is 0 Å². The van der Waals surface area contributed by atoms with Gasteiger partial charge in [-0.15, -0.1) is 0 Å². The van der Waals surface area contributed by atoms with E-state index in [1.165, 1.54) is 5.56 Å². The predicted octanol–water partition coefficient (Wildman–Crippen LogP) is 6.95. The predicted molar refractivity (Wildman–Crippen MR) is 126 cm³/mol. The van der Waals surface area contributed by atoms with Crippen LogP contribution in [-0.4, -0.2) is 18.0 Å². The highest BCUT2D eigenvalue weighted by atomic mass is 16.5. The van der Waals surface area contributed by atoms with E-state index in [1.54, 1.807) is 24.3 Å². The minimum Gasteiger partial charge on any atom is -0.491 e. The summed E-state index contributed by atoms with van der Waals surface area (Å²) in [7, 11) is 0. The number of hydrogen-bond donors (Lipinski definition) is 3. The van der Waals surface area contributed by atoms with Crippen molar-refractivity contribution in [1.29, 1.82) is 10.8 Å². The molecule has 0 saturated carbocycles. The van der Waals surface area contributed by atoms with Gasteiger partial charge in [0, 0.05) is 0 Å². The summed E-state index contributed by atoms with van der Waals surface area (Å²) in [5.74, 6) is 0.807. The minimum atomic E-state index is 0.135. The standard InChI is InChI=1S/C14H23NO.C6H6N2.2C2H6/c1-5-6-9-16-13-8-7-11(10-12(13)15)14(2,3)4;7-5-3-1-2-4-6(5)8;2*1-2/h7-8,10H,5-6,9,15H2,1-4H3;1-4,7-8H;2*1-2H3. The summed E-state index contributed by atoms with van der Waals surface area (Å²) in [5.41, 5.74) is 8.66. The van der Waals surface area contributed by atoms with Gasteiger partial charge in [-0.25, -0.2) is 0 Å². The second-order valence-electron chi connectivity index (χ2n) is 6.75. The lowest BCUT2D eigenvalue weighted by atomic mass is 9.87. The summed E-state index contributed by atoms with van der Waals surface area (Å²) in [5, 5.41) is 14.1. The molecule has 0 spiro atoms. The van der Waals surface area contributed by atoms with Crippen LogP contribution in [0.5, 0.6) is 5.75 Å². The Morgan fingerprint density at radius 1 is 0.929 bits per heavy atom. The molecular formula is C24H41N3O. The van der Waals surface area contributed by atoms with E-state index in [0.29, 0.717) is 0 Å². The first-order chi connectivity index (χ1) is 13.3. The fraction of sp³-hybridized carbons (Fsp3) is 0.500. The summed E-state index contributed by atoms with van der Waals surface area (Å²) in [6.07, 6.45) is 8.91. The Bertz CT molecular complexity index is 616. The van der Waals surface area contributed by atoms with Crippen LogP contribution in [0, 0.1) is 10.8 Å². The molecular weight excluding hydrogens is 346 g/mol. The zero-order valence-electron chi connectivity index (χ0n) is 19.1. The van der Waals surface area contributed by atoms with Crippen LogP contribution < -0.4 is 10.5 Å². The maximum absolute atomic E-state index is 7.03. The molecule has 0 radical (unpaired) electrons. The number of nitrogen functional groups attached to an aromatic ring is 1. The van der Waals surface area contributed by atoms with Gasteiger partial charge in [0.15, 0.2) is 0 Å². The molecule has 0 heterocycles. The molecule has 0 bridgehead atoms. The summed E-state index contributed by atoms with van der Waals surface area (Å²) >= 11 is 0. The number of hydrogen-bond acceptors (Lipinski definition) is 4. The molecule has 1 aromatic rings. The van der Waals surface area contributed by atoms with Gasteiger partial charge < -0.3 is 10.5 Å². The number of ether oxygens (including phenoxy) is 1. The SMILES string of the molecule is CC.CC.CCCCOc1ccc(C(C)(C)C)cc1N.N=C1C=CC=CC1=N. The number of nitrogens with one attached hydrogen (secondary N) is 2. The first-order valence-electron chi connectivity index (χ1n) is 10.3. The van der Waals surface area contributed by atoms with Crippen molar-refractivity contribution < 1.29 is 4.74 Å². The smallest absolute Gasteiger partial charge is 0.142 e. The maximum Gasteiger partial charge on any atom is 0.142 e. The van der Waals surface area contributed by atoms with Gasteiger partial charge in [-0.3, -0.25) is 10.8 Å². The van der Waals surface area contributed by atoms with Crippen LogP contribution in [-0.2, 0) is 5.41 Å². The first-order valence-corrected chi connectivity index (χ1v) is 10.3. The van der Waals surface area contributed by atoms with Gasteiger partial charge in [-0.2, -0.15) is 0 Å². The number of unbranched alkanes of at least 4 members (excludes halogenated alkanes) is 1. The highest BCUT2D eigenvalue weighted by Gasteiger charge is 2.14. The first kappa shape index (κ1) is 27.9. The van der Waals surface area contributed by atoms with Gasteiger partial charge in [0.25, 0.3) is 0 Å². The fourth-order valence-corrected chi connectivity index (χ4v) is 1.96. The van der Waals surface area contributed by atoms with Gasteiger partial charge in [0.1, 0.15) is 5.75 Å². The highest BCUT2D eigenvalue weighted by molar-refractivity contribution is 6.48. The molecule has 1 aliphatic carbocycles. The lowest BCUT2D eigenvalue weighted by molar-refractivity contribution is 0.311. The number of nitrogens with two attached hydrogens (primary N) is 1. The molecule has 0 unspecified atom stereocenters. The van der Waals surface area contributed by atoms with Gasteiger partial charge in [-0.05, 0) is 41.7 Å². The van der Waals surface area contributed by atoms with Crippen molar-refractivity contribution in [1.82, 2.24) is 0 Å². The third-order valence-corrected chi connectivity index (χ3v) is 3.56. The van der Waals surface area contributed by atoms with Crippen molar-refractivity contribution in [2.45, 2.75) is 73.6 Å². The summed E-state index contributed by atoms with van der Waals surface area (Å²) in [6.45, 7) is 17.4. The second kappa shape index (κ2) is 15.7. The van der Waals surface area contributed by atoms with Gasteiger partial charge in [-0.1, -0.05) is 80.0 Å². The number of rotatable bonds is 4. The van der Waals surface area contributed by atoms with Crippen LogP contribution in [0.3, 0.4) is 0 Å². The molecule has 28 heavy (non-hydrogen) atoms. The molecule has 1 aliphatic rings. The minimum absolute atomic E-state index is 0.135. The van der Waals surface area contributed by atoms with Crippen LogP contribution in [0.1, 0.15) is 73.8 Å². The molecule has 4 heteroatoms. The van der Waals surface area contributed by atoms with E-state index in [0.717, 1.165) is 30.9 Å². The largest absolute Gasteiger partial charge is 0.491 e. The monoisotopic (exact) mass is 387 g/mol. The van der Waals surface area contributed by atoms with E-state index in [9.17, 15) is 0 Å². The number of anilines is 1. The molecule has 2 rings (SSSR count). The molecule has 4 N–H and O–H groups in total. The topological polar surface area (TPSA) is 83.0 Å². The summed E-state index contributed by atoms with van der Waals surface area (Å²) in [4.78, 5) is 0. The van der Waals surface area contributed by atoms with Crippen molar-refractivity contribution in [3.05, 3.63) is 48.1 Å². The van der Waals surface area contributed by atoms with Crippen LogP contribution in [0.15, 0.2) is 42.5 Å². The Kier molecular flexibility index (Phi) is 15.6. The summed E-state index contributed by atoms with van der Waals surface area (Å²) in [6, 6.07) is 6.09. The summed E-state index contributed by atoms with van der Waals surface area (Å²) < 4.78 is 5.62. The Balaban J connectivity index is 0. The second-order valence-corrected chi connectivity index (χ2v) is 6.75. The third-order valence-electron chi connectivity index (χ3n) is 3.56. The Morgan fingerprint density at radius 2 is 1.43 bits per heavy atom. The number of allylic oxidation sites excluding steroid dienone is 4. The van der Waals surface area contributed by atoms with Crippen LogP contribution in [0.4, 0.5) is 5.69 Å².